The number of aliphatic hydroxyl groups is 3. The normalized spacial score (nSPS) is 34.6. The highest BCUT2D eigenvalue weighted by atomic mass is 16.6. The van der Waals surface area contributed by atoms with Crippen LogP contribution in [0.2, 0.25) is 0 Å². The van der Waals surface area contributed by atoms with Gasteiger partial charge in [-0.05, 0) is 18.6 Å². The average Bonchev–Trinajstić information content (AvgIpc) is 3.15. The minimum absolute atomic E-state index is 0.0321. The van der Waals surface area contributed by atoms with Crippen LogP contribution in [0.3, 0.4) is 0 Å². The van der Waals surface area contributed by atoms with Crippen molar-refractivity contribution in [1.82, 2.24) is 10.2 Å². The van der Waals surface area contributed by atoms with Crippen LogP contribution in [-0.4, -0.2) is 80.4 Å². The van der Waals surface area contributed by atoms with Gasteiger partial charge in [0, 0.05) is 0 Å². The third kappa shape index (κ3) is 2.51. The first kappa shape index (κ1) is 19.4. The number of guanidine groups is 2. The molecule has 156 valence electrons. The highest BCUT2D eigenvalue weighted by Crippen LogP contribution is 2.49. The van der Waals surface area contributed by atoms with E-state index in [0.717, 1.165) is 0 Å². The lowest BCUT2D eigenvalue weighted by molar-refractivity contribution is -0.257. The number of nitrogens with one attached hydrogen (secondary N) is 1. The second-order valence-corrected chi connectivity index (χ2v) is 7.35. The van der Waals surface area contributed by atoms with Crippen molar-refractivity contribution in [3.8, 4) is 0 Å². The molecule has 3 heterocycles. The number of benzene rings is 1. The van der Waals surface area contributed by atoms with Crippen LogP contribution in [0.1, 0.15) is 23.7 Å². The third-order valence-electron chi connectivity index (χ3n) is 5.80. The molecule has 3 aliphatic rings. The number of carbonyl (C=O) groups excluding carboxylic acids is 1. The summed E-state index contributed by atoms with van der Waals surface area (Å²) >= 11 is 0. The molecule has 11 heteroatoms. The fourth-order valence-electron chi connectivity index (χ4n) is 4.59. The van der Waals surface area contributed by atoms with Gasteiger partial charge in [-0.2, -0.15) is 0 Å². The second-order valence-electron chi connectivity index (χ2n) is 7.35. The number of rotatable bonds is 4. The molecule has 0 unspecified atom stereocenters. The van der Waals surface area contributed by atoms with Gasteiger partial charge in [-0.15, -0.1) is 0 Å². The lowest BCUT2D eigenvalue weighted by Crippen LogP contribution is -2.77. The van der Waals surface area contributed by atoms with Gasteiger partial charge in [0.15, 0.2) is 23.7 Å². The molecule has 4 rings (SSSR count). The maximum Gasteiger partial charge on any atom is 0.338 e. The first-order valence-electron chi connectivity index (χ1n) is 9.33. The van der Waals surface area contributed by atoms with Crippen LogP contribution >= 0.6 is 0 Å². The van der Waals surface area contributed by atoms with Crippen LogP contribution in [0.15, 0.2) is 40.3 Å². The first-order valence-corrected chi connectivity index (χ1v) is 9.33. The summed E-state index contributed by atoms with van der Waals surface area (Å²) in [6, 6.07) is 5.71. The molecule has 1 aromatic rings. The number of aliphatic hydroxyl groups excluding tert-OH is 1. The first-order chi connectivity index (χ1) is 13.8. The largest absolute Gasteiger partial charge is 0.451 e. The van der Waals surface area contributed by atoms with Crippen molar-refractivity contribution in [2.75, 3.05) is 6.61 Å². The van der Waals surface area contributed by atoms with Crippen LogP contribution in [0.5, 0.6) is 0 Å². The summed E-state index contributed by atoms with van der Waals surface area (Å²) in [4.78, 5) is 22.6. The van der Waals surface area contributed by atoms with Crippen LogP contribution in [0.25, 0.3) is 0 Å². The van der Waals surface area contributed by atoms with E-state index in [0.29, 0.717) is 6.42 Å². The van der Waals surface area contributed by atoms with E-state index in [1.165, 1.54) is 4.90 Å². The third-order valence-corrected chi connectivity index (χ3v) is 5.80. The van der Waals surface area contributed by atoms with Crippen LogP contribution < -0.4 is 16.8 Å². The predicted octanol–water partition coefficient (Wildman–Crippen LogP) is -2.34. The van der Waals surface area contributed by atoms with E-state index in [-0.39, 0.29) is 17.5 Å². The van der Waals surface area contributed by atoms with E-state index in [2.05, 4.69) is 15.3 Å². The molecule has 0 bridgehead atoms. The van der Waals surface area contributed by atoms with Gasteiger partial charge in [0.05, 0.1) is 18.2 Å². The van der Waals surface area contributed by atoms with Crippen molar-refractivity contribution in [3.63, 3.8) is 0 Å². The number of aliphatic imine (C=N–C) groups is 2. The maximum absolute atomic E-state index is 12.7. The molecule has 11 nitrogen and oxygen atoms in total. The quantitative estimate of drug-likeness (QED) is 0.237. The number of ether oxygens (including phenoxy) is 1. The molecule has 8 N–H and O–H groups in total. The molecule has 0 aliphatic carbocycles. The molecule has 0 saturated carbocycles. The maximum atomic E-state index is 12.7. The van der Waals surface area contributed by atoms with E-state index >= 15 is 0 Å². The van der Waals surface area contributed by atoms with Crippen molar-refractivity contribution < 1.29 is 24.9 Å². The second kappa shape index (κ2) is 6.58. The number of carbonyl (C=O) groups is 1. The zero-order chi connectivity index (χ0) is 21.0. The number of hydrogen-bond donors (Lipinski definition) is 6. The zero-order valence-electron chi connectivity index (χ0n) is 15.8. The summed E-state index contributed by atoms with van der Waals surface area (Å²) in [5.41, 5.74) is 10.5. The average molecular weight is 404 g/mol. The Balaban J connectivity index is 1.78. The minimum atomic E-state index is -2.64. The SMILES string of the molecule is CC[C@@H]1[C@H](OC(=O)c2ccccc2)C(O)(O)[C@]23NC(N)=N[C@H]2[C@H](CO)N=C(N)N13. The highest BCUT2D eigenvalue weighted by molar-refractivity contribution is 5.90. The molecule has 0 aromatic heterocycles. The number of esters is 1. The monoisotopic (exact) mass is 404 g/mol. The Labute approximate surface area is 166 Å². The highest BCUT2D eigenvalue weighted by Gasteiger charge is 2.77. The zero-order valence-corrected chi connectivity index (χ0v) is 15.8. The molecule has 5 atom stereocenters. The summed E-state index contributed by atoms with van der Waals surface area (Å²) in [6.07, 6.45) is -1.03. The van der Waals surface area contributed by atoms with Crippen molar-refractivity contribution in [1.29, 1.82) is 0 Å². The molecule has 29 heavy (non-hydrogen) atoms. The number of nitrogens with zero attached hydrogens (tertiary/aromatic N) is 3. The van der Waals surface area contributed by atoms with Gasteiger partial charge in [-0.3, -0.25) is 0 Å². The molecule has 0 radical (unpaired) electrons. The Bertz CT molecular complexity index is 875. The van der Waals surface area contributed by atoms with Gasteiger partial charge in [0.25, 0.3) is 0 Å². The van der Waals surface area contributed by atoms with Crippen LogP contribution in [-0.2, 0) is 4.74 Å². The van der Waals surface area contributed by atoms with Crippen molar-refractivity contribution in [3.05, 3.63) is 35.9 Å². The lowest BCUT2D eigenvalue weighted by atomic mass is 9.85. The molecule has 1 fully saturated rings. The molecule has 1 spiro atoms. The topological polar surface area (TPSA) is 179 Å². The summed E-state index contributed by atoms with van der Waals surface area (Å²) in [7, 11) is 0. The standard InChI is InChI=1S/C18H24N6O5/c1-2-11-13(29-14(26)9-6-4-3-5-7-9)18(27,28)17-12(22-15(19)23-17)10(8-25)21-16(20)24(11)17/h3-7,10-13,25,27-28H,2,8H2,1H3,(H2,20,21)(H3,19,22,23)/t10-,11+,12-,13-,17-/m0/s1. The van der Waals surface area contributed by atoms with Gasteiger partial charge in [0.2, 0.25) is 5.79 Å². The fourth-order valence-corrected chi connectivity index (χ4v) is 4.59. The van der Waals surface area contributed by atoms with E-state index in [1.807, 2.05) is 0 Å². The summed E-state index contributed by atoms with van der Waals surface area (Å²) < 4.78 is 5.58. The summed E-state index contributed by atoms with van der Waals surface area (Å²) in [5, 5.41) is 35.2. The van der Waals surface area contributed by atoms with E-state index < -0.39 is 48.3 Å². The van der Waals surface area contributed by atoms with Gasteiger partial charge in [-0.1, -0.05) is 25.1 Å². The van der Waals surface area contributed by atoms with E-state index in [1.54, 1.807) is 37.3 Å². The van der Waals surface area contributed by atoms with Crippen LogP contribution in [0.4, 0.5) is 0 Å². The summed E-state index contributed by atoms with van der Waals surface area (Å²) in [6.45, 7) is 1.36. The Morgan fingerprint density at radius 1 is 1.28 bits per heavy atom. The lowest BCUT2D eigenvalue weighted by Gasteiger charge is -2.49. The molecular weight excluding hydrogens is 380 g/mol. The molecule has 3 aliphatic heterocycles. The number of hydrogen-bond acceptors (Lipinski definition) is 11. The van der Waals surface area contributed by atoms with E-state index in [9.17, 15) is 20.1 Å². The fraction of sp³-hybridized carbons (Fsp3) is 0.500. The van der Waals surface area contributed by atoms with Gasteiger partial charge in [-0.25, -0.2) is 14.8 Å². The minimum Gasteiger partial charge on any atom is -0.451 e. The van der Waals surface area contributed by atoms with Gasteiger partial charge >= 0.3 is 5.97 Å². The Hall–Kier alpha value is -2.89. The van der Waals surface area contributed by atoms with Crippen LogP contribution in [0, 0.1) is 0 Å². The molecule has 0 amide bonds. The van der Waals surface area contributed by atoms with Gasteiger partial charge < -0.3 is 41.7 Å². The van der Waals surface area contributed by atoms with Crippen molar-refractivity contribution in [2.45, 2.75) is 49.0 Å². The van der Waals surface area contributed by atoms with E-state index in [4.69, 9.17) is 16.2 Å². The van der Waals surface area contributed by atoms with Gasteiger partial charge in [0.1, 0.15) is 12.1 Å². The molecule has 1 saturated heterocycles. The summed E-state index contributed by atoms with van der Waals surface area (Å²) in [5.74, 6) is -3.44. The molecule has 1 aromatic carbocycles. The van der Waals surface area contributed by atoms with Crippen molar-refractivity contribution in [2.24, 2.45) is 21.5 Å². The molecular formula is C18H24N6O5. The predicted molar refractivity (Wildman–Crippen MR) is 103 cm³/mol. The smallest absolute Gasteiger partial charge is 0.338 e. The van der Waals surface area contributed by atoms with Crippen molar-refractivity contribution >= 4 is 17.9 Å². The Kier molecular flexibility index (Phi) is 4.41. The number of nitrogens with two attached hydrogens (primary N) is 2. The Morgan fingerprint density at radius 2 is 1.97 bits per heavy atom. The Morgan fingerprint density at radius 3 is 2.59 bits per heavy atom.